The van der Waals surface area contributed by atoms with Crippen molar-refractivity contribution in [1.82, 2.24) is 4.90 Å². The molecule has 76 valence electrons. The predicted molar refractivity (Wildman–Crippen MR) is 55.4 cm³/mol. The maximum Gasteiger partial charge on any atom is 0.250 e. The van der Waals surface area contributed by atoms with Gasteiger partial charge in [0.05, 0.1) is 0 Å². The zero-order valence-electron chi connectivity index (χ0n) is 8.68. The van der Waals surface area contributed by atoms with Gasteiger partial charge in [-0.1, -0.05) is 20.4 Å². The molecule has 0 aromatic rings. The van der Waals surface area contributed by atoms with Gasteiger partial charge in [0.25, 0.3) is 0 Å². The minimum absolute atomic E-state index is 0.00574. The second-order valence-electron chi connectivity index (χ2n) is 3.10. The van der Waals surface area contributed by atoms with E-state index in [1.165, 1.54) is 0 Å². The lowest BCUT2D eigenvalue weighted by Gasteiger charge is -2.21. The van der Waals surface area contributed by atoms with Crippen LogP contribution < -0.4 is 5.73 Å². The number of rotatable bonds is 6. The van der Waals surface area contributed by atoms with Crippen LogP contribution in [0.4, 0.5) is 0 Å². The number of carbonyl (C=O) groups excluding carboxylic acids is 1. The Balaban J connectivity index is 4.18. The molecular weight excluding hydrogens is 164 g/mol. The first kappa shape index (κ1) is 12.2. The molecule has 0 aliphatic rings. The fourth-order valence-corrected chi connectivity index (χ4v) is 1.17. The minimum atomic E-state index is 0.00574. The Labute approximate surface area is 80.6 Å². The summed E-state index contributed by atoms with van der Waals surface area (Å²) in [6.45, 7) is 9.60. The van der Waals surface area contributed by atoms with E-state index in [0.717, 1.165) is 25.9 Å². The Bertz CT molecular complexity index is 172. The summed E-state index contributed by atoms with van der Waals surface area (Å²) < 4.78 is 0. The fourth-order valence-electron chi connectivity index (χ4n) is 1.17. The molecule has 0 spiro atoms. The van der Waals surface area contributed by atoms with E-state index in [0.29, 0.717) is 5.57 Å². The molecule has 0 rings (SSSR count). The molecule has 0 aromatic heterocycles. The third kappa shape index (κ3) is 4.08. The van der Waals surface area contributed by atoms with E-state index in [4.69, 9.17) is 5.73 Å². The Morgan fingerprint density at radius 2 is 1.77 bits per heavy atom. The van der Waals surface area contributed by atoms with Crippen molar-refractivity contribution in [3.63, 3.8) is 0 Å². The van der Waals surface area contributed by atoms with Crippen LogP contribution in [0.1, 0.15) is 26.7 Å². The van der Waals surface area contributed by atoms with E-state index >= 15 is 0 Å². The van der Waals surface area contributed by atoms with Crippen molar-refractivity contribution in [3.8, 4) is 0 Å². The number of hydrogen-bond donors (Lipinski definition) is 1. The third-order valence-corrected chi connectivity index (χ3v) is 1.82. The van der Waals surface area contributed by atoms with Gasteiger partial charge in [0.2, 0.25) is 5.91 Å². The van der Waals surface area contributed by atoms with Crippen molar-refractivity contribution in [2.24, 2.45) is 5.73 Å². The van der Waals surface area contributed by atoms with E-state index in [9.17, 15) is 4.79 Å². The summed E-state index contributed by atoms with van der Waals surface area (Å²) in [7, 11) is 0. The fraction of sp³-hybridized carbons (Fsp3) is 0.700. The molecule has 0 aliphatic heterocycles. The monoisotopic (exact) mass is 184 g/mol. The summed E-state index contributed by atoms with van der Waals surface area (Å²) >= 11 is 0. The second kappa shape index (κ2) is 6.66. The maximum atomic E-state index is 11.6. The second-order valence-corrected chi connectivity index (χ2v) is 3.10. The first-order chi connectivity index (χ1) is 6.17. The first-order valence-electron chi connectivity index (χ1n) is 4.84. The molecule has 0 saturated carbocycles. The number of nitrogens with two attached hydrogens (primary N) is 1. The summed E-state index contributed by atoms with van der Waals surface area (Å²) in [6.07, 6.45) is 1.95. The van der Waals surface area contributed by atoms with E-state index in [2.05, 4.69) is 20.4 Å². The van der Waals surface area contributed by atoms with Gasteiger partial charge in [-0.25, -0.2) is 0 Å². The molecule has 0 unspecified atom stereocenters. The molecule has 0 aliphatic carbocycles. The number of carbonyl (C=O) groups is 1. The van der Waals surface area contributed by atoms with Crippen LogP contribution in [0.15, 0.2) is 12.2 Å². The van der Waals surface area contributed by atoms with E-state index in [-0.39, 0.29) is 12.5 Å². The average molecular weight is 184 g/mol. The highest BCUT2D eigenvalue weighted by atomic mass is 16.2. The molecule has 0 saturated heterocycles. The molecule has 2 N–H and O–H groups in total. The van der Waals surface area contributed by atoms with Crippen LogP contribution in [-0.4, -0.2) is 30.4 Å². The SMILES string of the molecule is C=C(CN)C(=O)N(CCC)CCC. The highest BCUT2D eigenvalue weighted by Crippen LogP contribution is 2.00. The zero-order chi connectivity index (χ0) is 10.3. The molecule has 0 heterocycles. The van der Waals surface area contributed by atoms with Gasteiger partial charge >= 0.3 is 0 Å². The van der Waals surface area contributed by atoms with Crippen LogP contribution >= 0.6 is 0 Å². The van der Waals surface area contributed by atoms with Crippen LogP contribution in [0.2, 0.25) is 0 Å². The quantitative estimate of drug-likeness (QED) is 0.629. The van der Waals surface area contributed by atoms with Gasteiger partial charge in [0, 0.05) is 25.2 Å². The van der Waals surface area contributed by atoms with Crippen molar-refractivity contribution >= 4 is 5.91 Å². The Morgan fingerprint density at radius 3 is 2.08 bits per heavy atom. The molecule has 0 atom stereocenters. The van der Waals surface area contributed by atoms with Crippen LogP contribution in [0.25, 0.3) is 0 Å². The molecule has 0 fully saturated rings. The first-order valence-corrected chi connectivity index (χ1v) is 4.84. The van der Waals surface area contributed by atoms with E-state index in [1.54, 1.807) is 0 Å². The average Bonchev–Trinajstić information content (AvgIpc) is 2.15. The largest absolute Gasteiger partial charge is 0.339 e. The van der Waals surface area contributed by atoms with Gasteiger partial charge < -0.3 is 10.6 Å². The predicted octanol–water partition coefficient (Wildman–Crippen LogP) is 1.15. The van der Waals surface area contributed by atoms with Gasteiger partial charge in [-0.3, -0.25) is 4.79 Å². The van der Waals surface area contributed by atoms with Gasteiger partial charge in [0.1, 0.15) is 0 Å². The lowest BCUT2D eigenvalue weighted by Crippen LogP contribution is -2.35. The van der Waals surface area contributed by atoms with Gasteiger partial charge in [-0.05, 0) is 12.8 Å². The molecule has 0 radical (unpaired) electrons. The number of nitrogens with zero attached hydrogens (tertiary/aromatic N) is 1. The highest BCUT2D eigenvalue weighted by molar-refractivity contribution is 5.93. The zero-order valence-corrected chi connectivity index (χ0v) is 8.68. The Hall–Kier alpha value is -0.830. The summed E-state index contributed by atoms with van der Waals surface area (Å²) in [5, 5.41) is 0. The summed E-state index contributed by atoms with van der Waals surface area (Å²) in [4.78, 5) is 13.4. The summed E-state index contributed by atoms with van der Waals surface area (Å²) in [6, 6.07) is 0. The number of hydrogen-bond acceptors (Lipinski definition) is 2. The van der Waals surface area contributed by atoms with Crippen LogP contribution in [0.5, 0.6) is 0 Å². The highest BCUT2D eigenvalue weighted by Gasteiger charge is 2.13. The van der Waals surface area contributed by atoms with E-state index in [1.807, 2.05) is 4.90 Å². The third-order valence-electron chi connectivity index (χ3n) is 1.82. The van der Waals surface area contributed by atoms with Crippen LogP contribution in [0.3, 0.4) is 0 Å². The Kier molecular flexibility index (Phi) is 6.24. The Morgan fingerprint density at radius 1 is 1.31 bits per heavy atom. The molecular formula is C10H20N2O. The normalized spacial score (nSPS) is 9.77. The summed E-state index contributed by atoms with van der Waals surface area (Å²) in [5.74, 6) is 0.00574. The molecule has 1 amide bonds. The van der Waals surface area contributed by atoms with Crippen molar-refractivity contribution < 1.29 is 4.79 Å². The van der Waals surface area contributed by atoms with Gasteiger partial charge in [0.15, 0.2) is 0 Å². The van der Waals surface area contributed by atoms with Crippen molar-refractivity contribution in [1.29, 1.82) is 0 Å². The minimum Gasteiger partial charge on any atom is -0.339 e. The molecule has 0 aromatic carbocycles. The van der Waals surface area contributed by atoms with Gasteiger partial charge in [-0.15, -0.1) is 0 Å². The van der Waals surface area contributed by atoms with Crippen LogP contribution in [0, 0.1) is 0 Å². The van der Waals surface area contributed by atoms with Gasteiger partial charge in [-0.2, -0.15) is 0 Å². The standard InChI is InChI=1S/C10H20N2O/c1-4-6-12(7-5-2)10(13)9(3)8-11/h3-8,11H2,1-2H3. The maximum absolute atomic E-state index is 11.6. The van der Waals surface area contributed by atoms with Crippen molar-refractivity contribution in [2.45, 2.75) is 26.7 Å². The van der Waals surface area contributed by atoms with Crippen molar-refractivity contribution in [2.75, 3.05) is 19.6 Å². The summed E-state index contributed by atoms with van der Waals surface area (Å²) in [5.41, 5.74) is 5.86. The smallest absolute Gasteiger partial charge is 0.250 e. The topological polar surface area (TPSA) is 46.3 Å². The number of amides is 1. The lowest BCUT2D eigenvalue weighted by atomic mass is 10.2. The molecule has 3 heteroatoms. The molecule has 13 heavy (non-hydrogen) atoms. The molecule has 0 bridgehead atoms. The van der Waals surface area contributed by atoms with E-state index < -0.39 is 0 Å². The van der Waals surface area contributed by atoms with Crippen molar-refractivity contribution in [3.05, 3.63) is 12.2 Å². The lowest BCUT2D eigenvalue weighted by molar-refractivity contribution is -0.127. The van der Waals surface area contributed by atoms with Crippen LogP contribution in [-0.2, 0) is 4.79 Å². The molecule has 3 nitrogen and oxygen atoms in total.